The Morgan fingerprint density at radius 1 is 1.17 bits per heavy atom. The summed E-state index contributed by atoms with van der Waals surface area (Å²) in [7, 11) is 0. The third kappa shape index (κ3) is 4.45. The zero-order chi connectivity index (χ0) is 15.9. The summed E-state index contributed by atoms with van der Waals surface area (Å²) < 4.78 is 17.9. The molecule has 0 aliphatic heterocycles. The monoisotopic (exact) mass is 314 g/mol. The van der Waals surface area contributed by atoms with Crippen molar-refractivity contribution < 1.29 is 19.0 Å². The van der Waals surface area contributed by atoms with E-state index in [1.807, 2.05) is 42.6 Å². The van der Waals surface area contributed by atoms with E-state index in [1.54, 1.807) is 23.2 Å². The van der Waals surface area contributed by atoms with Gasteiger partial charge < -0.3 is 19.0 Å². The Morgan fingerprint density at radius 3 is 2.91 bits per heavy atom. The van der Waals surface area contributed by atoms with Gasteiger partial charge in [0.15, 0.2) is 0 Å². The van der Waals surface area contributed by atoms with Crippen LogP contribution in [-0.4, -0.2) is 34.2 Å². The van der Waals surface area contributed by atoms with Gasteiger partial charge in [0, 0.05) is 18.5 Å². The number of aliphatic hydroxyl groups excluding tert-OH is 1. The number of hydrogen-bond donors (Lipinski definition) is 1. The first-order chi connectivity index (χ1) is 11.3. The average Bonchev–Trinajstić information content (AvgIpc) is 3.27. The van der Waals surface area contributed by atoms with Crippen LogP contribution in [0.2, 0.25) is 0 Å². The average molecular weight is 314 g/mol. The number of benzene rings is 1. The van der Waals surface area contributed by atoms with Crippen LogP contribution in [0, 0.1) is 0 Å². The Hall–Kier alpha value is -2.57. The lowest BCUT2D eigenvalue weighted by atomic mass is 10.3. The zero-order valence-corrected chi connectivity index (χ0v) is 12.5. The van der Waals surface area contributed by atoms with Gasteiger partial charge in [-0.2, -0.15) is 5.10 Å². The van der Waals surface area contributed by atoms with Crippen LogP contribution < -0.4 is 4.74 Å². The van der Waals surface area contributed by atoms with E-state index in [4.69, 9.17) is 13.9 Å². The maximum atomic E-state index is 9.89. The van der Waals surface area contributed by atoms with Gasteiger partial charge in [-0.1, -0.05) is 6.07 Å². The predicted octanol–water partition coefficient (Wildman–Crippen LogP) is 2.42. The quantitative estimate of drug-likeness (QED) is 0.691. The molecule has 0 saturated carbocycles. The molecular weight excluding hydrogens is 296 g/mol. The molecule has 120 valence electrons. The van der Waals surface area contributed by atoms with Crippen molar-refractivity contribution in [2.45, 2.75) is 12.7 Å². The summed E-state index contributed by atoms with van der Waals surface area (Å²) in [6, 6.07) is 13.0. The lowest BCUT2D eigenvalue weighted by molar-refractivity contribution is 0.000878. The minimum absolute atomic E-state index is 0.153. The molecule has 1 aromatic carbocycles. The van der Waals surface area contributed by atoms with E-state index < -0.39 is 6.10 Å². The molecule has 1 N–H and O–H groups in total. The molecule has 23 heavy (non-hydrogen) atoms. The molecule has 1 atom stereocenters. The molecule has 0 saturated heterocycles. The van der Waals surface area contributed by atoms with Crippen molar-refractivity contribution in [3.63, 3.8) is 0 Å². The van der Waals surface area contributed by atoms with E-state index in [1.165, 1.54) is 0 Å². The highest BCUT2D eigenvalue weighted by atomic mass is 16.5. The summed E-state index contributed by atoms with van der Waals surface area (Å²) >= 11 is 0. The number of nitrogens with zero attached hydrogens (tertiary/aromatic N) is 2. The Labute approximate surface area is 133 Å². The second-order valence-corrected chi connectivity index (χ2v) is 5.01. The van der Waals surface area contributed by atoms with Crippen LogP contribution in [0.4, 0.5) is 0 Å². The van der Waals surface area contributed by atoms with Crippen molar-refractivity contribution in [3.05, 3.63) is 66.9 Å². The molecular formula is C17H18N2O4. The first kappa shape index (κ1) is 15.3. The van der Waals surface area contributed by atoms with Gasteiger partial charge in [-0.3, -0.25) is 0 Å². The Morgan fingerprint density at radius 2 is 2.13 bits per heavy atom. The normalized spacial score (nSPS) is 12.2. The SMILES string of the molecule is OC(COCc1ccco1)COc1cccc(-n2cccn2)c1. The number of aromatic nitrogens is 2. The second-order valence-electron chi connectivity index (χ2n) is 5.01. The van der Waals surface area contributed by atoms with Gasteiger partial charge in [0.25, 0.3) is 0 Å². The lowest BCUT2D eigenvalue weighted by Gasteiger charge is -2.13. The number of furan rings is 1. The summed E-state index contributed by atoms with van der Waals surface area (Å²) in [6.07, 6.45) is 4.45. The summed E-state index contributed by atoms with van der Waals surface area (Å²) in [5, 5.41) is 14.1. The van der Waals surface area contributed by atoms with E-state index in [9.17, 15) is 5.11 Å². The lowest BCUT2D eigenvalue weighted by Crippen LogP contribution is -2.23. The maximum Gasteiger partial charge on any atom is 0.129 e. The number of hydrogen-bond acceptors (Lipinski definition) is 5. The molecule has 0 bridgehead atoms. The van der Waals surface area contributed by atoms with E-state index >= 15 is 0 Å². The molecule has 0 spiro atoms. The highest BCUT2D eigenvalue weighted by Crippen LogP contribution is 2.16. The number of ether oxygens (including phenoxy) is 2. The molecule has 2 heterocycles. The summed E-state index contributed by atoms with van der Waals surface area (Å²) in [5.41, 5.74) is 0.899. The summed E-state index contributed by atoms with van der Waals surface area (Å²) in [5.74, 6) is 1.40. The second kappa shape index (κ2) is 7.62. The molecule has 0 aliphatic rings. The Bertz CT molecular complexity index is 695. The van der Waals surface area contributed by atoms with Crippen molar-refractivity contribution in [1.82, 2.24) is 9.78 Å². The van der Waals surface area contributed by atoms with Crippen molar-refractivity contribution in [2.75, 3.05) is 13.2 Å². The van der Waals surface area contributed by atoms with E-state index in [0.717, 1.165) is 11.4 Å². The van der Waals surface area contributed by atoms with Crippen molar-refractivity contribution in [1.29, 1.82) is 0 Å². The fourth-order valence-corrected chi connectivity index (χ4v) is 2.07. The molecule has 6 nitrogen and oxygen atoms in total. The van der Waals surface area contributed by atoms with Crippen LogP contribution in [0.25, 0.3) is 5.69 Å². The van der Waals surface area contributed by atoms with Crippen LogP contribution >= 0.6 is 0 Å². The maximum absolute atomic E-state index is 9.89. The van der Waals surface area contributed by atoms with Crippen molar-refractivity contribution in [3.8, 4) is 11.4 Å². The van der Waals surface area contributed by atoms with Crippen LogP contribution in [0.5, 0.6) is 5.75 Å². The molecule has 0 aliphatic carbocycles. The van der Waals surface area contributed by atoms with Gasteiger partial charge in [0.05, 0.1) is 18.6 Å². The molecule has 1 unspecified atom stereocenters. The molecule has 0 fully saturated rings. The molecule has 3 aromatic rings. The largest absolute Gasteiger partial charge is 0.491 e. The van der Waals surface area contributed by atoms with Gasteiger partial charge >= 0.3 is 0 Å². The van der Waals surface area contributed by atoms with Crippen LogP contribution in [0.3, 0.4) is 0 Å². The van der Waals surface area contributed by atoms with Gasteiger partial charge in [-0.15, -0.1) is 0 Å². The van der Waals surface area contributed by atoms with Crippen molar-refractivity contribution >= 4 is 0 Å². The number of rotatable bonds is 8. The molecule has 6 heteroatoms. The van der Waals surface area contributed by atoms with Gasteiger partial charge in [0.2, 0.25) is 0 Å². The zero-order valence-electron chi connectivity index (χ0n) is 12.5. The highest BCUT2D eigenvalue weighted by molar-refractivity contribution is 5.38. The van der Waals surface area contributed by atoms with Gasteiger partial charge in [-0.25, -0.2) is 4.68 Å². The minimum atomic E-state index is -0.710. The highest BCUT2D eigenvalue weighted by Gasteiger charge is 2.07. The van der Waals surface area contributed by atoms with E-state index in [2.05, 4.69) is 5.10 Å². The fourth-order valence-electron chi connectivity index (χ4n) is 2.07. The standard InChI is InChI=1S/C17H18N2O4/c20-15(11-21-13-17-6-2-9-22-17)12-23-16-5-1-4-14(10-16)19-8-3-7-18-19/h1-10,15,20H,11-13H2. The minimum Gasteiger partial charge on any atom is -0.491 e. The topological polar surface area (TPSA) is 69.7 Å². The molecule has 0 radical (unpaired) electrons. The third-order valence-corrected chi connectivity index (χ3v) is 3.16. The van der Waals surface area contributed by atoms with Gasteiger partial charge in [0.1, 0.15) is 30.8 Å². The van der Waals surface area contributed by atoms with E-state index in [-0.39, 0.29) is 13.2 Å². The van der Waals surface area contributed by atoms with Crippen LogP contribution in [-0.2, 0) is 11.3 Å². The fraction of sp³-hybridized carbons (Fsp3) is 0.235. The first-order valence-electron chi connectivity index (χ1n) is 7.32. The first-order valence-corrected chi connectivity index (χ1v) is 7.32. The predicted molar refractivity (Wildman–Crippen MR) is 83.4 cm³/mol. The van der Waals surface area contributed by atoms with Crippen LogP contribution in [0.15, 0.2) is 65.5 Å². The third-order valence-electron chi connectivity index (χ3n) is 3.16. The molecule has 0 amide bonds. The molecule has 2 aromatic heterocycles. The van der Waals surface area contributed by atoms with Gasteiger partial charge in [-0.05, 0) is 30.3 Å². The Kier molecular flexibility index (Phi) is 5.08. The van der Waals surface area contributed by atoms with E-state index in [0.29, 0.717) is 12.4 Å². The summed E-state index contributed by atoms with van der Waals surface area (Å²) in [4.78, 5) is 0. The molecule has 3 rings (SSSR count). The Balaban J connectivity index is 1.45. The van der Waals surface area contributed by atoms with Crippen molar-refractivity contribution in [2.24, 2.45) is 0 Å². The van der Waals surface area contributed by atoms with Crippen LogP contribution in [0.1, 0.15) is 5.76 Å². The smallest absolute Gasteiger partial charge is 0.129 e. The summed E-state index contributed by atoms with van der Waals surface area (Å²) in [6.45, 7) is 0.666. The number of aliphatic hydroxyl groups is 1.